The van der Waals surface area contributed by atoms with Crippen LogP contribution in [0, 0.1) is 0 Å². The van der Waals surface area contributed by atoms with E-state index < -0.39 is 0 Å². The van der Waals surface area contributed by atoms with Crippen molar-refractivity contribution in [1.29, 1.82) is 0 Å². The van der Waals surface area contributed by atoms with Gasteiger partial charge in [0.2, 0.25) is 0 Å². The zero-order valence-electron chi connectivity index (χ0n) is 10.8. The average molecular weight is 312 g/mol. The molecule has 0 aliphatic rings. The Balaban J connectivity index is 2.33. The maximum atomic E-state index is 5.74. The van der Waals surface area contributed by atoms with E-state index in [1.54, 1.807) is 0 Å². The maximum Gasteiger partial charge on any atom is 0.119 e. The first-order valence-corrected chi connectivity index (χ1v) is 7.29. The molecule has 0 spiro atoms. The van der Waals surface area contributed by atoms with Crippen LogP contribution in [0.5, 0.6) is 5.75 Å². The Morgan fingerprint density at radius 2 is 2.11 bits per heavy atom. The predicted molar refractivity (Wildman–Crippen MR) is 81.1 cm³/mol. The molecule has 0 saturated carbocycles. The summed E-state index contributed by atoms with van der Waals surface area (Å²) < 4.78 is 6.84. The van der Waals surface area contributed by atoms with E-state index in [1.165, 1.54) is 18.4 Å². The van der Waals surface area contributed by atoms with Crippen LogP contribution in [0.3, 0.4) is 0 Å². The molecule has 3 heteroatoms. The average Bonchev–Trinajstić information content (AvgIpc) is 2.37. The minimum absolute atomic E-state index is 0.656. The zero-order valence-corrected chi connectivity index (χ0v) is 12.4. The van der Waals surface area contributed by atoms with Crippen molar-refractivity contribution in [2.45, 2.75) is 32.1 Å². The number of halogens is 1. The summed E-state index contributed by atoms with van der Waals surface area (Å²) in [4.78, 5) is 0. The molecule has 0 bridgehead atoms. The van der Waals surface area contributed by atoms with E-state index >= 15 is 0 Å². The van der Waals surface area contributed by atoms with E-state index in [0.717, 1.165) is 36.1 Å². The lowest BCUT2D eigenvalue weighted by Crippen LogP contribution is -2.04. The molecule has 1 aromatic rings. The SMILES string of the molecule is C=CCCCCCOc1ccc(Br)c(CCN)c1. The summed E-state index contributed by atoms with van der Waals surface area (Å²) >= 11 is 3.52. The molecule has 0 fully saturated rings. The highest BCUT2D eigenvalue weighted by molar-refractivity contribution is 9.10. The van der Waals surface area contributed by atoms with E-state index in [-0.39, 0.29) is 0 Å². The normalized spacial score (nSPS) is 10.3. The van der Waals surface area contributed by atoms with Gasteiger partial charge in [-0.3, -0.25) is 0 Å². The van der Waals surface area contributed by atoms with Gasteiger partial charge in [-0.15, -0.1) is 6.58 Å². The first-order valence-electron chi connectivity index (χ1n) is 6.50. The van der Waals surface area contributed by atoms with Gasteiger partial charge in [0.05, 0.1) is 6.61 Å². The van der Waals surface area contributed by atoms with Crippen molar-refractivity contribution < 1.29 is 4.74 Å². The summed E-state index contributed by atoms with van der Waals surface area (Å²) in [5.74, 6) is 0.936. The number of benzene rings is 1. The van der Waals surface area contributed by atoms with Gasteiger partial charge in [-0.1, -0.05) is 22.0 Å². The van der Waals surface area contributed by atoms with Crippen molar-refractivity contribution in [2.75, 3.05) is 13.2 Å². The summed E-state index contributed by atoms with van der Waals surface area (Å²) in [6, 6.07) is 6.09. The van der Waals surface area contributed by atoms with Crippen molar-refractivity contribution in [2.24, 2.45) is 5.73 Å². The molecule has 1 aromatic carbocycles. The van der Waals surface area contributed by atoms with Gasteiger partial charge < -0.3 is 10.5 Å². The fourth-order valence-electron chi connectivity index (χ4n) is 1.75. The summed E-state index contributed by atoms with van der Waals surface area (Å²) in [6.07, 6.45) is 7.42. The molecule has 0 amide bonds. The Bertz CT molecular complexity index is 366. The summed E-state index contributed by atoms with van der Waals surface area (Å²) in [6.45, 7) is 5.15. The number of hydrogen-bond acceptors (Lipinski definition) is 2. The second-order valence-corrected chi connectivity index (χ2v) is 5.13. The van der Waals surface area contributed by atoms with Crippen LogP contribution in [-0.4, -0.2) is 13.2 Å². The number of rotatable bonds is 9. The van der Waals surface area contributed by atoms with E-state index in [4.69, 9.17) is 10.5 Å². The molecule has 2 N–H and O–H groups in total. The number of nitrogens with two attached hydrogens (primary N) is 1. The van der Waals surface area contributed by atoms with Gasteiger partial charge in [0.1, 0.15) is 5.75 Å². The van der Waals surface area contributed by atoms with Crippen molar-refractivity contribution in [3.8, 4) is 5.75 Å². The maximum absolute atomic E-state index is 5.74. The molecular formula is C15H22BrNO. The molecule has 18 heavy (non-hydrogen) atoms. The predicted octanol–water partition coefficient (Wildman–Crippen LogP) is 4.08. The van der Waals surface area contributed by atoms with Crippen molar-refractivity contribution >= 4 is 15.9 Å². The van der Waals surface area contributed by atoms with E-state index in [0.29, 0.717) is 6.54 Å². The lowest BCUT2D eigenvalue weighted by molar-refractivity contribution is 0.305. The van der Waals surface area contributed by atoms with Gasteiger partial charge in [0, 0.05) is 4.47 Å². The standard InChI is InChI=1S/C15H22BrNO/c1-2-3-4-5-6-11-18-14-7-8-15(16)13(12-14)9-10-17/h2,7-8,12H,1,3-6,9-11,17H2. The smallest absolute Gasteiger partial charge is 0.119 e. The Labute approximate surface area is 118 Å². The molecule has 0 saturated heterocycles. The van der Waals surface area contributed by atoms with Crippen LogP contribution >= 0.6 is 15.9 Å². The molecule has 1 rings (SSSR count). The molecule has 0 aliphatic carbocycles. The second kappa shape index (κ2) is 9.17. The fourth-order valence-corrected chi connectivity index (χ4v) is 2.19. The van der Waals surface area contributed by atoms with Gasteiger partial charge in [0.25, 0.3) is 0 Å². The monoisotopic (exact) mass is 311 g/mol. The molecule has 0 aromatic heterocycles. The van der Waals surface area contributed by atoms with Crippen LogP contribution in [0.25, 0.3) is 0 Å². The highest BCUT2D eigenvalue weighted by atomic mass is 79.9. The van der Waals surface area contributed by atoms with Crippen molar-refractivity contribution in [1.82, 2.24) is 0 Å². The van der Waals surface area contributed by atoms with Crippen molar-refractivity contribution in [3.63, 3.8) is 0 Å². The molecule has 0 atom stereocenters. The Kier molecular flexibility index (Phi) is 7.78. The number of allylic oxidation sites excluding steroid dienone is 1. The quantitative estimate of drug-likeness (QED) is 0.551. The Hall–Kier alpha value is -0.800. The highest BCUT2D eigenvalue weighted by Crippen LogP contribution is 2.23. The molecule has 0 aliphatic heterocycles. The lowest BCUT2D eigenvalue weighted by atomic mass is 10.1. The van der Waals surface area contributed by atoms with Gasteiger partial charge >= 0.3 is 0 Å². The van der Waals surface area contributed by atoms with E-state index in [9.17, 15) is 0 Å². The Morgan fingerprint density at radius 1 is 1.28 bits per heavy atom. The highest BCUT2D eigenvalue weighted by Gasteiger charge is 2.01. The fraction of sp³-hybridized carbons (Fsp3) is 0.467. The van der Waals surface area contributed by atoms with Crippen LogP contribution in [0.1, 0.15) is 31.2 Å². The van der Waals surface area contributed by atoms with Crippen LogP contribution in [0.2, 0.25) is 0 Å². The van der Waals surface area contributed by atoms with Gasteiger partial charge in [0.15, 0.2) is 0 Å². The third kappa shape index (κ3) is 5.69. The number of unbranched alkanes of at least 4 members (excludes halogenated alkanes) is 3. The first kappa shape index (κ1) is 15.3. The van der Waals surface area contributed by atoms with Gasteiger partial charge in [-0.25, -0.2) is 0 Å². The lowest BCUT2D eigenvalue weighted by Gasteiger charge is -2.09. The van der Waals surface area contributed by atoms with Crippen LogP contribution in [-0.2, 0) is 6.42 Å². The summed E-state index contributed by atoms with van der Waals surface area (Å²) in [7, 11) is 0. The van der Waals surface area contributed by atoms with Crippen molar-refractivity contribution in [3.05, 3.63) is 40.9 Å². The third-order valence-electron chi connectivity index (χ3n) is 2.75. The number of hydrogen-bond donors (Lipinski definition) is 1. The second-order valence-electron chi connectivity index (χ2n) is 4.28. The topological polar surface area (TPSA) is 35.2 Å². The minimum atomic E-state index is 0.656. The van der Waals surface area contributed by atoms with Gasteiger partial charge in [-0.2, -0.15) is 0 Å². The summed E-state index contributed by atoms with van der Waals surface area (Å²) in [5.41, 5.74) is 6.79. The largest absolute Gasteiger partial charge is 0.494 e. The van der Waals surface area contributed by atoms with Gasteiger partial charge in [-0.05, 0) is 62.4 Å². The molecule has 2 nitrogen and oxygen atoms in total. The zero-order chi connectivity index (χ0) is 13.2. The van der Waals surface area contributed by atoms with Crippen LogP contribution in [0.15, 0.2) is 35.3 Å². The molecule has 0 heterocycles. The summed E-state index contributed by atoms with van der Waals surface area (Å²) in [5, 5.41) is 0. The van der Waals surface area contributed by atoms with E-state index in [1.807, 2.05) is 18.2 Å². The molecular weight excluding hydrogens is 290 g/mol. The molecule has 0 unspecified atom stereocenters. The van der Waals surface area contributed by atoms with E-state index in [2.05, 4.69) is 28.6 Å². The third-order valence-corrected chi connectivity index (χ3v) is 3.53. The Morgan fingerprint density at radius 3 is 2.83 bits per heavy atom. The van der Waals surface area contributed by atoms with Crippen LogP contribution in [0.4, 0.5) is 0 Å². The molecule has 100 valence electrons. The molecule has 0 radical (unpaired) electrons. The first-order chi connectivity index (χ1) is 8.77. The number of ether oxygens (including phenoxy) is 1. The minimum Gasteiger partial charge on any atom is -0.494 e. The van der Waals surface area contributed by atoms with Crippen LogP contribution < -0.4 is 10.5 Å².